The minimum Gasteiger partial charge on any atom is -0.489 e. The van der Waals surface area contributed by atoms with E-state index in [1.165, 1.54) is 12.3 Å². The van der Waals surface area contributed by atoms with E-state index in [9.17, 15) is 22.8 Å². The molecule has 1 fully saturated rings. The first-order chi connectivity index (χ1) is 25.2. The highest BCUT2D eigenvalue weighted by molar-refractivity contribution is 9.10. The third kappa shape index (κ3) is 9.47. The molecule has 4 heterocycles. The fraction of sp³-hybridized carbons (Fsp3) is 0.459. The van der Waals surface area contributed by atoms with E-state index in [1.54, 1.807) is 18.3 Å². The van der Waals surface area contributed by atoms with Gasteiger partial charge in [0, 0.05) is 59.4 Å². The van der Waals surface area contributed by atoms with Crippen LogP contribution < -0.4 is 25.9 Å². The number of rotatable bonds is 11. The molecule has 53 heavy (non-hydrogen) atoms. The molecule has 0 unspecified atom stereocenters. The third-order valence-electron chi connectivity index (χ3n) is 9.47. The summed E-state index contributed by atoms with van der Waals surface area (Å²) < 4.78 is 65.5. The standard InChI is InChI=1S/C37H42BrF3N6O6/c1-22-13-32(29(16-28(22)38)44-35(49)45-33-19-42-23(2)18-43-33)52-21-25-20-46(8-12-51-25)7-10-50-11-9-47-30-17-31-26(14-24(30)5-6-36(47,3)4)27(37(39,40)41)15-34(48)53-31/h13-19,25H,5-12,20-21H2,1-4H3,(H2,43,44,45,49)/t25-/m0/s1. The molecule has 0 saturated carbocycles. The molecule has 0 spiro atoms. The summed E-state index contributed by atoms with van der Waals surface area (Å²) in [4.78, 5) is 37.4. The van der Waals surface area contributed by atoms with Crippen molar-refractivity contribution >= 4 is 50.1 Å². The number of benzene rings is 2. The van der Waals surface area contributed by atoms with Gasteiger partial charge < -0.3 is 28.8 Å². The topological polar surface area (TPSA) is 131 Å². The van der Waals surface area contributed by atoms with Crippen molar-refractivity contribution in [3.05, 3.63) is 80.0 Å². The smallest absolute Gasteiger partial charge is 0.417 e. The fourth-order valence-electron chi connectivity index (χ4n) is 6.57. The molecule has 1 saturated heterocycles. The van der Waals surface area contributed by atoms with Gasteiger partial charge >= 0.3 is 17.8 Å². The van der Waals surface area contributed by atoms with Crippen molar-refractivity contribution in [1.82, 2.24) is 14.9 Å². The van der Waals surface area contributed by atoms with E-state index in [0.717, 1.165) is 39.9 Å². The second kappa shape index (κ2) is 16.0. The summed E-state index contributed by atoms with van der Waals surface area (Å²) in [7, 11) is 0. The first-order valence-electron chi connectivity index (χ1n) is 17.3. The Bertz CT molecular complexity index is 2010. The zero-order chi connectivity index (χ0) is 37.9. The Morgan fingerprint density at radius 3 is 2.62 bits per heavy atom. The van der Waals surface area contributed by atoms with Gasteiger partial charge in [0.25, 0.3) is 0 Å². The Morgan fingerprint density at radius 1 is 1.08 bits per heavy atom. The van der Waals surface area contributed by atoms with Gasteiger partial charge in [-0.05, 0) is 69.9 Å². The summed E-state index contributed by atoms with van der Waals surface area (Å²) >= 11 is 3.53. The predicted octanol–water partition coefficient (Wildman–Crippen LogP) is 6.95. The predicted molar refractivity (Wildman–Crippen MR) is 198 cm³/mol. The lowest BCUT2D eigenvalue weighted by molar-refractivity contribution is -0.136. The molecule has 2 N–H and O–H groups in total. The summed E-state index contributed by atoms with van der Waals surface area (Å²) in [6.45, 7) is 12.1. The largest absolute Gasteiger partial charge is 0.489 e. The Kier molecular flexibility index (Phi) is 11.6. The molecule has 284 valence electrons. The normalized spacial score (nSPS) is 17.4. The number of carbonyl (C=O) groups excluding carboxylic acids is 1. The Morgan fingerprint density at radius 2 is 1.87 bits per heavy atom. The molecule has 0 bridgehead atoms. The molecule has 1 atom stereocenters. The maximum atomic E-state index is 13.7. The van der Waals surface area contributed by atoms with Gasteiger partial charge in [-0.1, -0.05) is 15.9 Å². The Hall–Kier alpha value is -4.25. The van der Waals surface area contributed by atoms with Crippen molar-refractivity contribution in [3.8, 4) is 5.75 Å². The van der Waals surface area contributed by atoms with Crippen molar-refractivity contribution in [2.45, 2.75) is 58.4 Å². The molecule has 0 radical (unpaired) electrons. The number of amides is 2. The van der Waals surface area contributed by atoms with Crippen LogP contribution in [0.25, 0.3) is 11.0 Å². The van der Waals surface area contributed by atoms with Crippen molar-refractivity contribution in [2.75, 3.05) is 68.1 Å². The van der Waals surface area contributed by atoms with Crippen LogP contribution in [0.4, 0.5) is 35.2 Å². The van der Waals surface area contributed by atoms with Gasteiger partial charge in [0.1, 0.15) is 24.0 Å². The van der Waals surface area contributed by atoms with Crippen LogP contribution in [0.15, 0.2) is 56.4 Å². The highest BCUT2D eigenvalue weighted by atomic mass is 79.9. The molecule has 2 aliphatic rings. The lowest BCUT2D eigenvalue weighted by atomic mass is 9.86. The summed E-state index contributed by atoms with van der Waals surface area (Å²) in [6, 6.07) is 6.72. The minimum absolute atomic E-state index is 0.0836. The van der Waals surface area contributed by atoms with E-state index < -0.39 is 23.4 Å². The van der Waals surface area contributed by atoms with Crippen LogP contribution in [-0.2, 0) is 22.1 Å². The maximum Gasteiger partial charge on any atom is 0.417 e. The number of morpholine rings is 1. The zero-order valence-corrected chi connectivity index (χ0v) is 31.5. The molecule has 4 aromatic rings. The number of fused-ring (bicyclic) bond motifs is 2. The highest BCUT2D eigenvalue weighted by Gasteiger charge is 2.37. The second-order valence-corrected chi connectivity index (χ2v) is 14.7. The van der Waals surface area contributed by atoms with E-state index in [0.29, 0.717) is 69.2 Å². The number of carbonyl (C=O) groups is 1. The number of nitrogens with zero attached hydrogens (tertiary/aromatic N) is 4. The number of aryl methyl sites for hydroxylation is 3. The van der Waals surface area contributed by atoms with Crippen LogP contribution >= 0.6 is 15.9 Å². The second-order valence-electron chi connectivity index (χ2n) is 13.9. The summed E-state index contributed by atoms with van der Waals surface area (Å²) in [5.74, 6) is 0.816. The minimum atomic E-state index is -4.67. The van der Waals surface area contributed by atoms with E-state index in [-0.39, 0.29) is 29.2 Å². The first kappa shape index (κ1) is 38.5. The molecule has 16 heteroatoms. The van der Waals surface area contributed by atoms with Crippen LogP contribution in [0.3, 0.4) is 0 Å². The van der Waals surface area contributed by atoms with Gasteiger partial charge in [-0.25, -0.2) is 14.6 Å². The number of aromatic nitrogens is 2. The molecule has 2 amide bonds. The Labute approximate surface area is 313 Å². The molecule has 2 aromatic heterocycles. The summed E-state index contributed by atoms with van der Waals surface area (Å²) in [5, 5.41) is 5.39. The number of anilines is 3. The molecule has 2 aliphatic heterocycles. The van der Waals surface area contributed by atoms with E-state index in [1.807, 2.05) is 19.9 Å². The number of urea groups is 1. The van der Waals surface area contributed by atoms with Gasteiger partial charge in [-0.3, -0.25) is 15.2 Å². The van der Waals surface area contributed by atoms with Gasteiger partial charge in [-0.2, -0.15) is 13.2 Å². The number of hydrogen-bond donors (Lipinski definition) is 2. The number of ether oxygens (including phenoxy) is 3. The SMILES string of the molecule is Cc1cnc(NC(=O)Nc2cc(Br)c(C)cc2OC[C@@H]2CN(CCOCCN3c4cc5oc(=O)cc(C(F)(F)F)c5cc4CCC3(C)C)CCO2)cn1. The van der Waals surface area contributed by atoms with Crippen LogP contribution in [0.2, 0.25) is 0 Å². The van der Waals surface area contributed by atoms with Crippen molar-refractivity contribution < 1.29 is 36.6 Å². The van der Waals surface area contributed by atoms with Crippen molar-refractivity contribution in [3.63, 3.8) is 0 Å². The molecule has 12 nitrogen and oxygen atoms in total. The number of halogens is 4. The van der Waals surface area contributed by atoms with Crippen LogP contribution in [0.5, 0.6) is 5.75 Å². The number of alkyl halides is 3. The van der Waals surface area contributed by atoms with Gasteiger partial charge in [0.15, 0.2) is 5.82 Å². The van der Waals surface area contributed by atoms with Crippen LogP contribution in [0, 0.1) is 13.8 Å². The maximum absolute atomic E-state index is 13.7. The first-order valence-corrected chi connectivity index (χ1v) is 18.1. The molecular weight excluding hydrogens is 761 g/mol. The molecule has 6 rings (SSSR count). The van der Waals surface area contributed by atoms with Crippen LogP contribution in [0.1, 0.15) is 42.7 Å². The van der Waals surface area contributed by atoms with Gasteiger partial charge in [-0.15, -0.1) is 0 Å². The van der Waals surface area contributed by atoms with Crippen molar-refractivity contribution in [2.24, 2.45) is 0 Å². The Balaban J connectivity index is 1.01. The summed E-state index contributed by atoms with van der Waals surface area (Å²) in [5.41, 5.74) is 1.28. The average Bonchev–Trinajstić information content (AvgIpc) is 3.09. The van der Waals surface area contributed by atoms with Crippen molar-refractivity contribution in [1.29, 1.82) is 0 Å². The monoisotopic (exact) mass is 802 g/mol. The fourth-order valence-corrected chi connectivity index (χ4v) is 6.91. The van der Waals surface area contributed by atoms with Crippen LogP contribution in [-0.4, -0.2) is 85.1 Å². The van der Waals surface area contributed by atoms with Gasteiger partial charge in [0.05, 0.1) is 49.2 Å². The van der Waals surface area contributed by atoms with Gasteiger partial charge in [0.2, 0.25) is 0 Å². The lowest BCUT2D eigenvalue weighted by Gasteiger charge is -2.45. The van der Waals surface area contributed by atoms with E-state index >= 15 is 0 Å². The lowest BCUT2D eigenvalue weighted by Crippen LogP contribution is -2.49. The molecule has 2 aromatic carbocycles. The average molecular weight is 804 g/mol. The quantitative estimate of drug-likeness (QED) is 0.121. The van der Waals surface area contributed by atoms with E-state index in [2.05, 4.69) is 60.2 Å². The zero-order valence-electron chi connectivity index (χ0n) is 29.9. The molecule has 0 aliphatic carbocycles. The highest BCUT2D eigenvalue weighted by Crippen LogP contribution is 2.41. The van der Waals surface area contributed by atoms with E-state index in [4.69, 9.17) is 18.6 Å². The number of nitrogens with one attached hydrogen (secondary N) is 2. The molecular formula is C37H42BrF3N6O6. The third-order valence-corrected chi connectivity index (χ3v) is 10.3. The summed E-state index contributed by atoms with van der Waals surface area (Å²) in [6.07, 6.45) is -0.491. The number of hydrogen-bond acceptors (Lipinski definition) is 10.